The lowest BCUT2D eigenvalue weighted by atomic mass is 9.95. The lowest BCUT2D eigenvalue weighted by Crippen LogP contribution is -2.53. The summed E-state index contributed by atoms with van der Waals surface area (Å²) in [4.78, 5) is 52.1. The van der Waals surface area contributed by atoms with Crippen molar-refractivity contribution in [2.75, 3.05) is 44.6 Å². The predicted molar refractivity (Wildman–Crippen MR) is 178 cm³/mol. The number of nitrogens with one attached hydrogen (secondary N) is 1. The van der Waals surface area contributed by atoms with Gasteiger partial charge in [-0.05, 0) is 63.9 Å². The summed E-state index contributed by atoms with van der Waals surface area (Å²) in [6.45, 7) is 3.93. The molecule has 0 spiro atoms. The largest absolute Gasteiger partial charge is 0.444 e. The summed E-state index contributed by atoms with van der Waals surface area (Å²) in [5, 5.41) is 2.92. The number of halogens is 5. The van der Waals surface area contributed by atoms with Gasteiger partial charge in [0, 0.05) is 68.8 Å². The molecule has 0 aliphatic carbocycles. The maximum Gasteiger partial charge on any atom is 0.410 e. The van der Waals surface area contributed by atoms with Gasteiger partial charge in [0.1, 0.15) is 11.4 Å². The third-order valence-corrected chi connectivity index (χ3v) is 8.80. The summed E-state index contributed by atoms with van der Waals surface area (Å²) in [5.41, 5.74) is -0.579. The van der Waals surface area contributed by atoms with E-state index in [2.05, 4.69) is 20.0 Å². The Morgan fingerprint density at radius 1 is 0.885 bits per heavy atom. The summed E-state index contributed by atoms with van der Waals surface area (Å²) in [7, 11) is 0. The Labute approximate surface area is 295 Å². The molecule has 0 radical (unpaired) electrons. The molecule has 2 fully saturated rings. The molecule has 2 aliphatic rings. The molecular formula is C35H36F5N7O5. The van der Waals surface area contributed by atoms with Gasteiger partial charge in [0.05, 0.1) is 17.5 Å². The molecule has 0 saturated carbocycles. The van der Waals surface area contributed by atoms with Gasteiger partial charge in [0.2, 0.25) is 11.7 Å². The number of benzene rings is 2. The molecule has 4 heterocycles. The SMILES string of the molecule is CC(C)(C)OC(=O)N1CCC(C(=O)N2CCN(C(=O)c3ccc(Nc4nccn5c(-c6ccc(OC(F)F)c(F)c6F)cnc45)cc3F)CC2)CC1. The standard InChI is InChI=1S/C35H36F5N7O5/c1-35(2,3)52-34(50)46-11-8-20(9-12-46)31(48)44-14-16-45(17-15-44)32(49)22-5-4-21(18-24(22)36)43-29-30-42-19-25(47(30)13-10-41-29)23-6-7-26(51-33(39)40)28(38)27(23)37/h4-7,10,13,18-20,33H,8-9,11-12,14-17H2,1-3H3,(H,41,43). The molecule has 52 heavy (non-hydrogen) atoms. The normalized spacial score (nSPS) is 15.7. The zero-order valence-electron chi connectivity index (χ0n) is 28.5. The molecule has 6 rings (SSSR count). The molecule has 0 bridgehead atoms. The Morgan fingerprint density at radius 2 is 1.58 bits per heavy atom. The minimum Gasteiger partial charge on any atom is -0.444 e. The Balaban J connectivity index is 1.06. The van der Waals surface area contributed by atoms with Crippen molar-refractivity contribution in [1.82, 2.24) is 29.1 Å². The van der Waals surface area contributed by atoms with Crippen LogP contribution in [-0.2, 0) is 9.53 Å². The van der Waals surface area contributed by atoms with Gasteiger partial charge in [-0.2, -0.15) is 13.2 Å². The average Bonchev–Trinajstić information content (AvgIpc) is 3.54. The van der Waals surface area contributed by atoms with E-state index in [9.17, 15) is 31.9 Å². The fourth-order valence-electron chi connectivity index (χ4n) is 6.22. The first-order valence-corrected chi connectivity index (χ1v) is 16.6. The number of fused-ring (bicyclic) bond motifs is 1. The number of piperidine rings is 1. The number of carbonyl (C=O) groups excluding carboxylic acids is 3. The number of carbonyl (C=O) groups is 3. The Bertz CT molecular complexity index is 1990. The third kappa shape index (κ3) is 7.72. The molecule has 0 unspecified atom stereocenters. The number of piperazine rings is 1. The van der Waals surface area contributed by atoms with Crippen LogP contribution in [0.3, 0.4) is 0 Å². The first-order valence-electron chi connectivity index (χ1n) is 16.6. The second-order valence-corrected chi connectivity index (χ2v) is 13.4. The first kappa shape index (κ1) is 36.3. The van der Waals surface area contributed by atoms with Gasteiger partial charge in [-0.1, -0.05) is 0 Å². The number of rotatable bonds is 7. The lowest BCUT2D eigenvalue weighted by molar-refractivity contribution is -0.138. The predicted octanol–water partition coefficient (Wildman–Crippen LogP) is 6.09. The quantitative estimate of drug-likeness (QED) is 0.227. The van der Waals surface area contributed by atoms with Crippen LogP contribution in [0.5, 0.6) is 5.75 Å². The van der Waals surface area contributed by atoms with E-state index >= 15 is 4.39 Å². The van der Waals surface area contributed by atoms with Gasteiger partial charge in [-0.3, -0.25) is 14.0 Å². The fraction of sp³-hybridized carbons (Fsp3) is 0.400. The van der Waals surface area contributed by atoms with Crippen molar-refractivity contribution >= 4 is 35.1 Å². The van der Waals surface area contributed by atoms with Crippen LogP contribution < -0.4 is 10.1 Å². The summed E-state index contributed by atoms with van der Waals surface area (Å²) in [5.74, 6) is -5.42. The maximum absolute atomic E-state index is 15.4. The van der Waals surface area contributed by atoms with Crippen LogP contribution >= 0.6 is 0 Å². The van der Waals surface area contributed by atoms with Crippen LogP contribution in [0.4, 0.5) is 38.3 Å². The Kier molecular flexibility index (Phi) is 10.2. The Hall–Kier alpha value is -5.48. The van der Waals surface area contributed by atoms with Crippen molar-refractivity contribution in [2.24, 2.45) is 5.92 Å². The highest BCUT2D eigenvalue weighted by molar-refractivity contribution is 5.95. The molecule has 2 aliphatic heterocycles. The second-order valence-electron chi connectivity index (χ2n) is 13.4. The van der Waals surface area contributed by atoms with Crippen LogP contribution in [0.15, 0.2) is 48.9 Å². The minimum absolute atomic E-state index is 0.0274. The first-order chi connectivity index (χ1) is 24.7. The average molecular weight is 730 g/mol. The number of likely N-dealkylation sites (tertiary alicyclic amines) is 1. The van der Waals surface area contributed by atoms with E-state index in [0.29, 0.717) is 39.0 Å². The third-order valence-electron chi connectivity index (χ3n) is 8.80. The van der Waals surface area contributed by atoms with E-state index in [1.807, 2.05) is 0 Å². The van der Waals surface area contributed by atoms with Crippen LogP contribution in [0, 0.1) is 23.4 Å². The van der Waals surface area contributed by atoms with Crippen molar-refractivity contribution < 1.29 is 45.8 Å². The van der Waals surface area contributed by atoms with Crippen molar-refractivity contribution in [3.05, 3.63) is 71.9 Å². The summed E-state index contributed by atoms with van der Waals surface area (Å²) in [6.07, 6.45) is 4.64. The molecule has 1 N–H and O–H groups in total. The molecule has 3 amide bonds. The number of hydrogen-bond acceptors (Lipinski definition) is 8. The second kappa shape index (κ2) is 14.6. The fourth-order valence-corrected chi connectivity index (χ4v) is 6.22. The molecule has 2 aromatic heterocycles. The summed E-state index contributed by atoms with van der Waals surface area (Å²) < 4.78 is 80.6. The van der Waals surface area contributed by atoms with E-state index in [4.69, 9.17) is 4.74 Å². The van der Waals surface area contributed by atoms with Crippen molar-refractivity contribution in [3.8, 4) is 17.0 Å². The highest BCUT2D eigenvalue weighted by Crippen LogP contribution is 2.32. The number of amides is 3. The number of anilines is 2. The van der Waals surface area contributed by atoms with E-state index in [1.54, 1.807) is 30.6 Å². The van der Waals surface area contributed by atoms with E-state index < -0.39 is 47.4 Å². The lowest BCUT2D eigenvalue weighted by Gasteiger charge is -2.38. The number of ether oxygens (including phenoxy) is 2. The van der Waals surface area contributed by atoms with Crippen LogP contribution in [0.25, 0.3) is 16.9 Å². The number of imidazole rings is 1. The van der Waals surface area contributed by atoms with Gasteiger partial charge >= 0.3 is 12.7 Å². The molecular weight excluding hydrogens is 693 g/mol. The number of aromatic nitrogens is 3. The molecule has 2 aromatic carbocycles. The molecule has 276 valence electrons. The van der Waals surface area contributed by atoms with Crippen LogP contribution in [0.2, 0.25) is 0 Å². The van der Waals surface area contributed by atoms with Crippen LogP contribution in [0.1, 0.15) is 44.0 Å². The zero-order valence-corrected chi connectivity index (χ0v) is 28.5. The van der Waals surface area contributed by atoms with E-state index in [0.717, 1.165) is 18.2 Å². The topological polar surface area (TPSA) is 122 Å². The molecule has 0 atom stereocenters. The molecule has 2 saturated heterocycles. The summed E-state index contributed by atoms with van der Waals surface area (Å²) >= 11 is 0. The number of alkyl halides is 2. The minimum atomic E-state index is -3.34. The molecule has 12 nitrogen and oxygen atoms in total. The summed E-state index contributed by atoms with van der Waals surface area (Å²) in [6, 6.07) is 5.88. The highest BCUT2D eigenvalue weighted by Gasteiger charge is 2.34. The smallest absolute Gasteiger partial charge is 0.410 e. The molecule has 17 heteroatoms. The zero-order chi connectivity index (χ0) is 37.3. The number of nitrogens with zero attached hydrogens (tertiary/aromatic N) is 6. The monoisotopic (exact) mass is 729 g/mol. The van der Waals surface area contributed by atoms with Crippen molar-refractivity contribution in [1.29, 1.82) is 0 Å². The van der Waals surface area contributed by atoms with Crippen molar-refractivity contribution in [2.45, 2.75) is 45.8 Å². The number of hydrogen-bond donors (Lipinski definition) is 1. The van der Waals surface area contributed by atoms with Gasteiger partial charge in [0.25, 0.3) is 5.91 Å². The van der Waals surface area contributed by atoms with E-state index in [1.165, 1.54) is 40.0 Å². The van der Waals surface area contributed by atoms with E-state index in [-0.39, 0.29) is 58.9 Å². The van der Waals surface area contributed by atoms with Gasteiger partial charge in [0.15, 0.2) is 23.0 Å². The van der Waals surface area contributed by atoms with Crippen molar-refractivity contribution in [3.63, 3.8) is 0 Å². The van der Waals surface area contributed by atoms with Gasteiger partial charge < -0.3 is 29.5 Å². The highest BCUT2D eigenvalue weighted by atomic mass is 19.3. The Morgan fingerprint density at radius 3 is 2.23 bits per heavy atom. The maximum atomic E-state index is 15.4. The van der Waals surface area contributed by atoms with Gasteiger partial charge in [-0.25, -0.2) is 23.5 Å². The van der Waals surface area contributed by atoms with Gasteiger partial charge in [-0.15, -0.1) is 0 Å². The molecule has 4 aromatic rings. The van der Waals surface area contributed by atoms with Crippen LogP contribution in [-0.4, -0.2) is 98.5 Å².